The summed E-state index contributed by atoms with van der Waals surface area (Å²) in [6.45, 7) is 2.50. The molecule has 21 heavy (non-hydrogen) atoms. The minimum absolute atomic E-state index is 0.225. The van der Waals surface area contributed by atoms with Crippen LogP contribution in [0.2, 0.25) is 0 Å². The Kier molecular flexibility index (Phi) is 5.80. The molecule has 0 bridgehead atoms. The summed E-state index contributed by atoms with van der Waals surface area (Å²) in [6.07, 6.45) is 0.839. The Labute approximate surface area is 137 Å². The minimum Gasteiger partial charge on any atom is -0.491 e. The van der Waals surface area contributed by atoms with Crippen molar-refractivity contribution in [3.05, 3.63) is 45.7 Å². The van der Waals surface area contributed by atoms with E-state index in [2.05, 4.69) is 20.7 Å². The normalized spacial score (nSPS) is 11.5. The summed E-state index contributed by atoms with van der Waals surface area (Å²) < 4.78 is 33.4. The largest absolute Gasteiger partial charge is 0.491 e. The molecule has 0 radical (unpaired) electrons. The Balaban J connectivity index is 1.86. The first-order valence-electron chi connectivity index (χ1n) is 6.48. The zero-order valence-electron chi connectivity index (χ0n) is 11.5. The second-order valence-corrected chi connectivity index (χ2v) is 8.27. The molecule has 1 N–H and O–H groups in total. The molecule has 1 heterocycles. The van der Waals surface area contributed by atoms with Crippen LogP contribution in [0.4, 0.5) is 0 Å². The van der Waals surface area contributed by atoms with Crippen molar-refractivity contribution in [3.63, 3.8) is 0 Å². The molecular formula is C14H16BrNO3S2. The van der Waals surface area contributed by atoms with Gasteiger partial charge in [0.15, 0.2) is 0 Å². The average Bonchev–Trinajstić information content (AvgIpc) is 2.95. The number of sulfonamides is 1. The molecule has 0 fully saturated rings. The molecule has 7 heteroatoms. The minimum atomic E-state index is -3.44. The lowest BCUT2D eigenvalue weighted by atomic mass is 10.3. The maximum absolute atomic E-state index is 12.1. The maximum Gasteiger partial charge on any atom is 0.250 e. The van der Waals surface area contributed by atoms with Gasteiger partial charge in [0.25, 0.3) is 0 Å². The SMILES string of the molecule is CCc1ccc(S(=O)(=O)NCCOc2ccccc2Br)s1. The monoisotopic (exact) mass is 389 g/mol. The van der Waals surface area contributed by atoms with Crippen LogP contribution in [-0.4, -0.2) is 21.6 Å². The van der Waals surface area contributed by atoms with Crippen molar-refractivity contribution in [3.8, 4) is 5.75 Å². The molecule has 2 aromatic rings. The molecule has 0 amide bonds. The van der Waals surface area contributed by atoms with E-state index in [1.54, 1.807) is 6.07 Å². The molecule has 0 aliphatic carbocycles. The molecule has 0 atom stereocenters. The number of thiophene rings is 1. The van der Waals surface area contributed by atoms with Gasteiger partial charge in [-0.1, -0.05) is 19.1 Å². The number of hydrogen-bond donors (Lipinski definition) is 1. The van der Waals surface area contributed by atoms with Gasteiger partial charge in [0.1, 0.15) is 16.6 Å². The third-order valence-corrected chi connectivity index (χ3v) is 6.58. The van der Waals surface area contributed by atoms with E-state index in [4.69, 9.17) is 4.74 Å². The van der Waals surface area contributed by atoms with E-state index in [-0.39, 0.29) is 13.2 Å². The lowest BCUT2D eigenvalue weighted by molar-refractivity contribution is 0.321. The Morgan fingerprint density at radius 1 is 1.24 bits per heavy atom. The zero-order valence-corrected chi connectivity index (χ0v) is 14.7. The fourth-order valence-corrected chi connectivity index (χ4v) is 4.42. The van der Waals surface area contributed by atoms with Crippen LogP contribution < -0.4 is 9.46 Å². The van der Waals surface area contributed by atoms with Gasteiger partial charge < -0.3 is 4.74 Å². The molecule has 0 aliphatic rings. The topological polar surface area (TPSA) is 55.4 Å². The summed E-state index contributed by atoms with van der Waals surface area (Å²) in [6, 6.07) is 10.9. The van der Waals surface area contributed by atoms with Crippen LogP contribution in [0.5, 0.6) is 5.75 Å². The van der Waals surface area contributed by atoms with E-state index in [0.29, 0.717) is 9.96 Å². The van der Waals surface area contributed by atoms with Crippen molar-refractivity contribution >= 4 is 37.3 Å². The van der Waals surface area contributed by atoms with Crippen LogP contribution in [-0.2, 0) is 16.4 Å². The first-order valence-corrected chi connectivity index (χ1v) is 9.58. The Morgan fingerprint density at radius 3 is 2.67 bits per heavy atom. The summed E-state index contributed by atoms with van der Waals surface area (Å²) in [7, 11) is -3.44. The molecule has 114 valence electrons. The third-order valence-electron chi connectivity index (χ3n) is 2.74. The summed E-state index contributed by atoms with van der Waals surface area (Å²) >= 11 is 4.67. The highest BCUT2D eigenvalue weighted by atomic mass is 79.9. The van der Waals surface area contributed by atoms with Gasteiger partial charge >= 0.3 is 0 Å². The van der Waals surface area contributed by atoms with E-state index >= 15 is 0 Å². The quantitative estimate of drug-likeness (QED) is 0.737. The van der Waals surface area contributed by atoms with Gasteiger partial charge in [0.2, 0.25) is 10.0 Å². The second kappa shape index (κ2) is 7.40. The molecule has 1 aromatic heterocycles. The molecule has 4 nitrogen and oxygen atoms in total. The highest BCUT2D eigenvalue weighted by molar-refractivity contribution is 9.10. The molecule has 0 spiro atoms. The van der Waals surface area contributed by atoms with Crippen LogP contribution in [0.15, 0.2) is 45.1 Å². The summed E-state index contributed by atoms with van der Waals surface area (Å²) in [5.41, 5.74) is 0. The number of hydrogen-bond acceptors (Lipinski definition) is 4. The van der Waals surface area contributed by atoms with Crippen LogP contribution >= 0.6 is 27.3 Å². The molecule has 2 rings (SSSR count). The third kappa shape index (κ3) is 4.54. The van der Waals surface area contributed by atoms with E-state index < -0.39 is 10.0 Å². The van der Waals surface area contributed by atoms with Gasteiger partial charge in [0, 0.05) is 11.4 Å². The summed E-state index contributed by atoms with van der Waals surface area (Å²) in [5, 5.41) is 0. The van der Waals surface area contributed by atoms with Crippen molar-refractivity contribution < 1.29 is 13.2 Å². The van der Waals surface area contributed by atoms with Gasteiger partial charge in [-0.25, -0.2) is 13.1 Å². The number of ether oxygens (including phenoxy) is 1. The maximum atomic E-state index is 12.1. The fraction of sp³-hybridized carbons (Fsp3) is 0.286. The zero-order chi connectivity index (χ0) is 15.3. The highest BCUT2D eigenvalue weighted by Crippen LogP contribution is 2.24. The molecule has 1 aromatic carbocycles. The highest BCUT2D eigenvalue weighted by Gasteiger charge is 2.15. The lowest BCUT2D eigenvalue weighted by Gasteiger charge is -2.08. The first kappa shape index (κ1) is 16.5. The van der Waals surface area contributed by atoms with Crippen molar-refractivity contribution in [2.24, 2.45) is 0 Å². The number of nitrogens with one attached hydrogen (secondary N) is 1. The van der Waals surface area contributed by atoms with E-state index in [1.165, 1.54) is 11.3 Å². The van der Waals surface area contributed by atoms with Crippen LogP contribution in [0, 0.1) is 0 Å². The van der Waals surface area contributed by atoms with Gasteiger partial charge in [-0.05, 0) is 46.6 Å². The van der Waals surface area contributed by atoms with Crippen LogP contribution in [0.1, 0.15) is 11.8 Å². The predicted molar refractivity (Wildman–Crippen MR) is 88.5 cm³/mol. The van der Waals surface area contributed by atoms with Gasteiger partial charge in [0.05, 0.1) is 4.47 Å². The standard InChI is InChI=1S/C14H16BrNO3S2/c1-2-11-7-8-14(20-11)21(17,18)16-9-10-19-13-6-4-3-5-12(13)15/h3-8,16H,2,9-10H2,1H3. The van der Waals surface area contributed by atoms with Crippen LogP contribution in [0.25, 0.3) is 0 Å². The van der Waals surface area contributed by atoms with Crippen molar-refractivity contribution in [2.75, 3.05) is 13.2 Å². The average molecular weight is 390 g/mol. The first-order chi connectivity index (χ1) is 10.0. The van der Waals surface area contributed by atoms with E-state index in [9.17, 15) is 8.42 Å². The van der Waals surface area contributed by atoms with Gasteiger partial charge in [-0.15, -0.1) is 11.3 Å². The molecule has 0 saturated heterocycles. The smallest absolute Gasteiger partial charge is 0.250 e. The van der Waals surface area contributed by atoms with Crippen LogP contribution in [0.3, 0.4) is 0 Å². The number of aryl methyl sites for hydroxylation is 1. The lowest BCUT2D eigenvalue weighted by Crippen LogP contribution is -2.27. The summed E-state index contributed by atoms with van der Waals surface area (Å²) in [4.78, 5) is 1.06. The Hall–Kier alpha value is -0.890. The van der Waals surface area contributed by atoms with Crippen molar-refractivity contribution in [2.45, 2.75) is 17.6 Å². The Morgan fingerprint density at radius 2 is 2.00 bits per heavy atom. The number of para-hydroxylation sites is 1. The predicted octanol–water partition coefficient (Wildman–Crippen LogP) is 3.43. The number of benzene rings is 1. The molecular weight excluding hydrogens is 374 g/mol. The molecule has 0 aliphatic heterocycles. The van der Waals surface area contributed by atoms with E-state index in [0.717, 1.165) is 15.8 Å². The van der Waals surface area contributed by atoms with Gasteiger partial charge in [-0.3, -0.25) is 0 Å². The second-order valence-electron chi connectivity index (χ2n) is 4.25. The molecule has 0 unspecified atom stereocenters. The fourth-order valence-electron chi connectivity index (χ4n) is 1.66. The molecule has 0 saturated carbocycles. The van der Waals surface area contributed by atoms with Crippen molar-refractivity contribution in [1.29, 1.82) is 0 Å². The van der Waals surface area contributed by atoms with E-state index in [1.807, 2.05) is 37.3 Å². The number of rotatable bonds is 7. The van der Waals surface area contributed by atoms with Gasteiger partial charge in [-0.2, -0.15) is 0 Å². The summed E-state index contributed by atoms with van der Waals surface area (Å²) in [5.74, 6) is 0.695. The number of halogens is 1. The van der Waals surface area contributed by atoms with Crippen molar-refractivity contribution in [1.82, 2.24) is 4.72 Å². The Bertz CT molecular complexity index is 698.